The second-order valence-electron chi connectivity index (χ2n) is 9.66. The lowest BCUT2D eigenvalue weighted by Crippen LogP contribution is -2.48. The first-order valence-corrected chi connectivity index (χ1v) is 13.2. The Morgan fingerprint density at radius 1 is 1.00 bits per heavy atom. The minimum absolute atomic E-state index is 0.0528. The van der Waals surface area contributed by atoms with Gasteiger partial charge in [-0.2, -0.15) is 4.31 Å². The molecule has 178 valence electrons. The van der Waals surface area contributed by atoms with Crippen LogP contribution in [0.1, 0.15) is 67.9 Å². The number of rotatable bonds is 7. The summed E-state index contributed by atoms with van der Waals surface area (Å²) in [6.45, 7) is 9.31. The molecule has 2 aromatic rings. The number of hydrogen-bond acceptors (Lipinski definition) is 4. The van der Waals surface area contributed by atoms with Crippen molar-refractivity contribution in [2.24, 2.45) is 0 Å². The van der Waals surface area contributed by atoms with Crippen LogP contribution in [-0.2, 0) is 21.3 Å². The molecule has 0 aromatic heterocycles. The van der Waals surface area contributed by atoms with Crippen LogP contribution in [0.3, 0.4) is 0 Å². The van der Waals surface area contributed by atoms with Crippen LogP contribution >= 0.6 is 0 Å². The number of hydrogen-bond donors (Lipinski definition) is 0. The third kappa shape index (κ3) is 5.48. The first kappa shape index (κ1) is 23.9. The Morgan fingerprint density at radius 3 is 2.09 bits per heavy atom. The molecule has 6 nitrogen and oxygen atoms in total. The lowest BCUT2D eigenvalue weighted by atomic mass is 10.0. The van der Waals surface area contributed by atoms with E-state index in [1.54, 1.807) is 24.3 Å². The first-order valence-electron chi connectivity index (χ1n) is 11.8. The van der Waals surface area contributed by atoms with Gasteiger partial charge in [-0.15, -0.1) is 0 Å². The van der Waals surface area contributed by atoms with E-state index < -0.39 is 10.0 Å². The van der Waals surface area contributed by atoms with Gasteiger partial charge in [0.15, 0.2) is 0 Å². The molecule has 2 atom stereocenters. The largest absolute Gasteiger partial charge is 0.373 e. The summed E-state index contributed by atoms with van der Waals surface area (Å²) in [7, 11) is -3.63. The number of ether oxygens (including phenoxy) is 1. The summed E-state index contributed by atoms with van der Waals surface area (Å²) >= 11 is 0. The van der Waals surface area contributed by atoms with E-state index in [1.165, 1.54) is 9.87 Å². The minimum atomic E-state index is -3.63. The second-order valence-corrected chi connectivity index (χ2v) is 11.6. The molecule has 2 fully saturated rings. The van der Waals surface area contributed by atoms with E-state index in [2.05, 4.69) is 38.1 Å². The predicted molar refractivity (Wildman–Crippen MR) is 129 cm³/mol. The summed E-state index contributed by atoms with van der Waals surface area (Å²) in [4.78, 5) is 15.4. The molecule has 1 amide bonds. The van der Waals surface area contributed by atoms with Gasteiger partial charge < -0.3 is 9.64 Å². The summed E-state index contributed by atoms with van der Waals surface area (Å²) in [5.41, 5.74) is 2.90. The van der Waals surface area contributed by atoms with Gasteiger partial charge in [-0.25, -0.2) is 8.42 Å². The number of benzene rings is 2. The normalized spacial score (nSPS) is 21.8. The SMILES string of the molecule is CC1CN(S(=O)(=O)c2ccc(C(=O)N(Cc3ccc(C(C)C)cc3)C3CC3)cc2)CC(C)O1. The molecule has 33 heavy (non-hydrogen) atoms. The van der Waals surface area contributed by atoms with Crippen LogP contribution in [0.15, 0.2) is 53.4 Å². The van der Waals surface area contributed by atoms with Crippen molar-refractivity contribution < 1.29 is 17.9 Å². The monoisotopic (exact) mass is 470 g/mol. The molecule has 1 saturated heterocycles. The highest BCUT2D eigenvalue weighted by Gasteiger charge is 2.34. The zero-order valence-electron chi connectivity index (χ0n) is 19.9. The standard InChI is InChI=1S/C26H34N2O4S/c1-18(2)22-7-5-21(6-8-22)17-28(24-11-12-24)26(29)23-9-13-25(14-10-23)33(30,31)27-15-19(3)32-20(4)16-27/h5-10,13-14,18-20,24H,11-12,15-17H2,1-4H3. The van der Waals surface area contributed by atoms with Gasteiger partial charge in [0.05, 0.1) is 17.1 Å². The van der Waals surface area contributed by atoms with E-state index in [1.807, 2.05) is 18.7 Å². The number of nitrogens with zero attached hydrogens (tertiary/aromatic N) is 2. The van der Waals surface area contributed by atoms with Crippen molar-refractivity contribution in [2.75, 3.05) is 13.1 Å². The summed E-state index contributed by atoms with van der Waals surface area (Å²) < 4.78 is 33.3. The quantitative estimate of drug-likeness (QED) is 0.601. The van der Waals surface area contributed by atoms with Gasteiger partial charge in [-0.05, 0) is 68.0 Å². The first-order chi connectivity index (χ1) is 15.6. The minimum Gasteiger partial charge on any atom is -0.373 e. The Kier molecular flexibility index (Phi) is 6.93. The molecule has 1 saturated carbocycles. The highest BCUT2D eigenvalue weighted by atomic mass is 32.2. The van der Waals surface area contributed by atoms with Crippen molar-refractivity contribution in [3.05, 3.63) is 65.2 Å². The molecule has 4 rings (SSSR count). The highest BCUT2D eigenvalue weighted by molar-refractivity contribution is 7.89. The summed E-state index contributed by atoms with van der Waals surface area (Å²) in [6, 6.07) is 15.1. The fraction of sp³-hybridized carbons (Fsp3) is 0.500. The number of carbonyl (C=O) groups excluding carboxylic acids is 1. The van der Waals surface area contributed by atoms with Crippen molar-refractivity contribution in [2.45, 2.75) is 76.1 Å². The summed E-state index contributed by atoms with van der Waals surface area (Å²) in [6.07, 6.45) is 1.72. The molecular weight excluding hydrogens is 436 g/mol. The number of carbonyl (C=O) groups is 1. The Balaban J connectivity index is 1.49. The topological polar surface area (TPSA) is 66.9 Å². The van der Waals surface area contributed by atoms with Crippen molar-refractivity contribution >= 4 is 15.9 Å². The van der Waals surface area contributed by atoms with E-state index >= 15 is 0 Å². The molecule has 1 heterocycles. The van der Waals surface area contributed by atoms with E-state index in [9.17, 15) is 13.2 Å². The lowest BCUT2D eigenvalue weighted by molar-refractivity contribution is -0.0440. The van der Waals surface area contributed by atoms with E-state index in [-0.39, 0.29) is 29.1 Å². The Labute approximate surface area is 197 Å². The van der Waals surface area contributed by atoms with Crippen LogP contribution in [0, 0.1) is 0 Å². The Bertz CT molecular complexity index is 1070. The van der Waals surface area contributed by atoms with Crippen LogP contribution in [0.25, 0.3) is 0 Å². The van der Waals surface area contributed by atoms with Crippen LogP contribution in [0.4, 0.5) is 0 Å². The maximum Gasteiger partial charge on any atom is 0.254 e. The Morgan fingerprint density at radius 2 is 1.58 bits per heavy atom. The van der Waals surface area contributed by atoms with E-state index in [4.69, 9.17) is 4.74 Å². The zero-order chi connectivity index (χ0) is 23.8. The third-order valence-corrected chi connectivity index (χ3v) is 8.22. The van der Waals surface area contributed by atoms with Crippen LogP contribution < -0.4 is 0 Å². The van der Waals surface area contributed by atoms with Crippen molar-refractivity contribution in [1.29, 1.82) is 0 Å². The van der Waals surface area contributed by atoms with Gasteiger partial charge in [0, 0.05) is 31.2 Å². The van der Waals surface area contributed by atoms with Crippen LogP contribution in [-0.4, -0.2) is 54.9 Å². The molecule has 0 radical (unpaired) electrons. The zero-order valence-corrected chi connectivity index (χ0v) is 20.7. The van der Waals surface area contributed by atoms with Gasteiger partial charge in [0.25, 0.3) is 5.91 Å². The van der Waals surface area contributed by atoms with Crippen molar-refractivity contribution in [3.8, 4) is 0 Å². The summed E-state index contributed by atoms with van der Waals surface area (Å²) in [5.74, 6) is 0.418. The van der Waals surface area contributed by atoms with Gasteiger partial charge >= 0.3 is 0 Å². The van der Waals surface area contributed by atoms with Gasteiger partial charge in [-0.1, -0.05) is 38.1 Å². The second kappa shape index (κ2) is 9.57. The maximum atomic E-state index is 13.3. The molecule has 2 unspecified atom stereocenters. The Hall–Kier alpha value is -2.22. The smallest absolute Gasteiger partial charge is 0.254 e. The summed E-state index contributed by atoms with van der Waals surface area (Å²) in [5, 5.41) is 0. The average molecular weight is 471 g/mol. The molecule has 2 aromatic carbocycles. The number of amides is 1. The molecule has 1 aliphatic heterocycles. The number of sulfonamides is 1. The molecule has 2 aliphatic rings. The fourth-order valence-corrected chi connectivity index (χ4v) is 5.96. The molecule has 0 bridgehead atoms. The lowest BCUT2D eigenvalue weighted by Gasteiger charge is -2.34. The molecule has 0 spiro atoms. The molecule has 1 aliphatic carbocycles. The molecule has 0 N–H and O–H groups in total. The third-order valence-electron chi connectivity index (χ3n) is 6.37. The van der Waals surface area contributed by atoms with E-state index in [0.29, 0.717) is 31.1 Å². The van der Waals surface area contributed by atoms with Crippen LogP contribution in [0.2, 0.25) is 0 Å². The van der Waals surface area contributed by atoms with Gasteiger partial charge in [0.2, 0.25) is 10.0 Å². The fourth-order valence-electron chi connectivity index (χ4n) is 4.37. The predicted octanol–water partition coefficient (Wildman–Crippen LogP) is 4.41. The maximum absolute atomic E-state index is 13.3. The van der Waals surface area contributed by atoms with Gasteiger partial charge in [-0.3, -0.25) is 4.79 Å². The van der Waals surface area contributed by atoms with Crippen molar-refractivity contribution in [1.82, 2.24) is 9.21 Å². The average Bonchev–Trinajstić information content (AvgIpc) is 3.62. The van der Waals surface area contributed by atoms with Gasteiger partial charge in [0.1, 0.15) is 0 Å². The number of morpholine rings is 1. The highest BCUT2D eigenvalue weighted by Crippen LogP contribution is 2.30. The molecule has 7 heteroatoms. The van der Waals surface area contributed by atoms with Crippen LogP contribution in [0.5, 0.6) is 0 Å². The molecular formula is C26H34N2O4S. The van der Waals surface area contributed by atoms with E-state index in [0.717, 1.165) is 18.4 Å². The van der Waals surface area contributed by atoms with Crippen molar-refractivity contribution in [3.63, 3.8) is 0 Å².